The molecule has 1 fully saturated rings. The number of para-hydroxylation sites is 1. The zero-order chi connectivity index (χ0) is 18.2. The quantitative estimate of drug-likeness (QED) is 0.676. The van der Waals surface area contributed by atoms with E-state index >= 15 is 0 Å². The van der Waals surface area contributed by atoms with Gasteiger partial charge in [-0.1, -0.05) is 18.6 Å². The van der Waals surface area contributed by atoms with Gasteiger partial charge in [0, 0.05) is 6.04 Å². The summed E-state index contributed by atoms with van der Waals surface area (Å²) in [5, 5.41) is 0. The molecule has 0 heterocycles. The van der Waals surface area contributed by atoms with Crippen molar-refractivity contribution >= 4 is 5.97 Å². The van der Waals surface area contributed by atoms with Gasteiger partial charge in [0.05, 0.1) is 7.11 Å². The van der Waals surface area contributed by atoms with Gasteiger partial charge in [0.25, 0.3) is 0 Å². The smallest absolute Gasteiger partial charge is 0.342 e. The monoisotopic (exact) mass is 348 g/mol. The lowest BCUT2D eigenvalue weighted by molar-refractivity contribution is -0.0125. The van der Waals surface area contributed by atoms with Crippen LogP contribution in [-0.2, 0) is 4.74 Å². The normalized spacial score (nSPS) is 20.7. The Kier molecular flexibility index (Phi) is 7.72. The largest absolute Gasteiger partial charge is 0.496 e. The van der Waals surface area contributed by atoms with E-state index in [1.54, 1.807) is 19.2 Å². The van der Waals surface area contributed by atoms with E-state index in [-0.39, 0.29) is 12.1 Å². The Bertz CT molecular complexity index is 547. The zero-order valence-corrected chi connectivity index (χ0v) is 16.0. The van der Waals surface area contributed by atoms with Crippen LogP contribution in [-0.4, -0.2) is 69.3 Å². The highest BCUT2D eigenvalue weighted by Crippen LogP contribution is 2.27. The van der Waals surface area contributed by atoms with E-state index < -0.39 is 0 Å². The molecule has 0 bridgehead atoms. The van der Waals surface area contributed by atoms with Crippen molar-refractivity contribution in [3.8, 4) is 5.75 Å². The predicted molar refractivity (Wildman–Crippen MR) is 100 cm³/mol. The molecule has 2 rings (SSSR count). The fourth-order valence-corrected chi connectivity index (χ4v) is 3.54. The highest BCUT2D eigenvalue weighted by molar-refractivity contribution is 5.92. The predicted octanol–water partition coefficient (Wildman–Crippen LogP) is 3.05. The van der Waals surface area contributed by atoms with Crippen molar-refractivity contribution < 1.29 is 14.3 Å². The summed E-state index contributed by atoms with van der Waals surface area (Å²) in [6.07, 6.45) is 5.41. The summed E-state index contributed by atoms with van der Waals surface area (Å²) in [6.45, 7) is 2.09. The van der Waals surface area contributed by atoms with E-state index in [2.05, 4.69) is 30.9 Å². The molecule has 0 radical (unpaired) electrons. The van der Waals surface area contributed by atoms with Crippen LogP contribution in [0.15, 0.2) is 24.3 Å². The molecule has 1 saturated carbocycles. The second-order valence-corrected chi connectivity index (χ2v) is 7.13. The number of hydrogen-bond acceptors (Lipinski definition) is 5. The van der Waals surface area contributed by atoms with Crippen molar-refractivity contribution in [2.75, 3.05) is 41.3 Å². The van der Waals surface area contributed by atoms with Gasteiger partial charge in [-0.3, -0.25) is 4.90 Å². The topological polar surface area (TPSA) is 42.0 Å². The van der Waals surface area contributed by atoms with E-state index in [0.717, 1.165) is 38.8 Å². The molecule has 5 heteroatoms. The van der Waals surface area contributed by atoms with Gasteiger partial charge >= 0.3 is 5.97 Å². The van der Waals surface area contributed by atoms with Crippen molar-refractivity contribution in [2.45, 2.75) is 44.2 Å². The molecule has 0 aromatic heterocycles. The first-order valence-electron chi connectivity index (χ1n) is 9.22. The molecule has 1 aliphatic carbocycles. The standard InChI is InChI=1S/C20H32N2O3/c1-21(2)14-9-15-22(3)17-11-6-8-13-19(17)25-20(23)16-10-5-7-12-18(16)24-4/h5,7,10,12,17,19H,6,8-9,11,13-15H2,1-4H3/t17-,19-/m1/s1. The second-order valence-electron chi connectivity index (χ2n) is 7.13. The molecule has 0 N–H and O–H groups in total. The molecule has 0 saturated heterocycles. The van der Waals surface area contributed by atoms with Crippen molar-refractivity contribution in [1.82, 2.24) is 9.80 Å². The van der Waals surface area contributed by atoms with E-state index in [9.17, 15) is 4.79 Å². The molecular weight excluding hydrogens is 316 g/mol. The van der Waals surface area contributed by atoms with Crippen LogP contribution in [0.4, 0.5) is 0 Å². The Labute approximate surface area is 151 Å². The highest BCUT2D eigenvalue weighted by atomic mass is 16.5. The van der Waals surface area contributed by atoms with Gasteiger partial charge in [-0.2, -0.15) is 0 Å². The van der Waals surface area contributed by atoms with Crippen LogP contribution in [0.3, 0.4) is 0 Å². The van der Waals surface area contributed by atoms with Gasteiger partial charge in [0.1, 0.15) is 17.4 Å². The number of likely N-dealkylation sites (N-methyl/N-ethyl adjacent to an activating group) is 1. The van der Waals surface area contributed by atoms with Crippen molar-refractivity contribution in [2.24, 2.45) is 0 Å². The zero-order valence-electron chi connectivity index (χ0n) is 16.0. The van der Waals surface area contributed by atoms with Crippen LogP contribution < -0.4 is 4.74 Å². The van der Waals surface area contributed by atoms with E-state index in [4.69, 9.17) is 9.47 Å². The van der Waals surface area contributed by atoms with Crippen molar-refractivity contribution in [3.05, 3.63) is 29.8 Å². The van der Waals surface area contributed by atoms with Crippen molar-refractivity contribution in [1.29, 1.82) is 0 Å². The first-order valence-corrected chi connectivity index (χ1v) is 9.22. The molecule has 0 amide bonds. The SMILES string of the molecule is COc1ccccc1C(=O)O[C@@H]1CCCC[C@H]1N(C)CCCN(C)C. The molecule has 1 aliphatic rings. The van der Waals surface area contributed by atoms with Crippen LogP contribution in [0, 0.1) is 0 Å². The number of ether oxygens (including phenoxy) is 2. The average molecular weight is 348 g/mol. The molecule has 0 aliphatic heterocycles. The summed E-state index contributed by atoms with van der Waals surface area (Å²) in [5.41, 5.74) is 0.504. The number of rotatable bonds is 8. The Morgan fingerprint density at radius 1 is 1.12 bits per heavy atom. The maximum absolute atomic E-state index is 12.6. The lowest BCUT2D eigenvalue weighted by Crippen LogP contribution is -2.46. The number of hydrogen-bond donors (Lipinski definition) is 0. The van der Waals surface area contributed by atoms with E-state index in [1.807, 2.05) is 12.1 Å². The number of carbonyl (C=O) groups is 1. The molecule has 5 nitrogen and oxygen atoms in total. The third kappa shape index (κ3) is 5.72. The first-order chi connectivity index (χ1) is 12.0. The molecular formula is C20H32N2O3. The highest BCUT2D eigenvalue weighted by Gasteiger charge is 2.31. The van der Waals surface area contributed by atoms with Gasteiger partial charge in [0.2, 0.25) is 0 Å². The van der Waals surface area contributed by atoms with E-state index in [1.165, 1.54) is 6.42 Å². The van der Waals surface area contributed by atoms with Gasteiger partial charge in [-0.05, 0) is 72.0 Å². The molecule has 2 atom stereocenters. The summed E-state index contributed by atoms with van der Waals surface area (Å²) in [5.74, 6) is 0.287. The number of carbonyl (C=O) groups excluding carboxylic acids is 1. The number of methoxy groups -OCH3 is 1. The molecule has 1 aromatic rings. The average Bonchev–Trinajstić information content (AvgIpc) is 2.61. The van der Waals surface area contributed by atoms with Crippen LogP contribution in [0.25, 0.3) is 0 Å². The second kappa shape index (κ2) is 9.78. The van der Waals surface area contributed by atoms with Gasteiger partial charge in [-0.15, -0.1) is 0 Å². The molecule has 140 valence electrons. The number of nitrogens with zero attached hydrogens (tertiary/aromatic N) is 2. The number of benzene rings is 1. The summed E-state index contributed by atoms with van der Waals surface area (Å²) in [7, 11) is 7.92. The Hall–Kier alpha value is -1.59. The molecule has 0 spiro atoms. The lowest BCUT2D eigenvalue weighted by atomic mass is 9.91. The van der Waals surface area contributed by atoms with Crippen LogP contribution in [0.1, 0.15) is 42.5 Å². The van der Waals surface area contributed by atoms with Gasteiger partial charge in [0.15, 0.2) is 0 Å². The Morgan fingerprint density at radius 2 is 1.84 bits per heavy atom. The van der Waals surface area contributed by atoms with Crippen molar-refractivity contribution in [3.63, 3.8) is 0 Å². The minimum atomic E-state index is -0.281. The fourth-order valence-electron chi connectivity index (χ4n) is 3.54. The Morgan fingerprint density at radius 3 is 2.56 bits per heavy atom. The van der Waals surface area contributed by atoms with Crippen LogP contribution >= 0.6 is 0 Å². The summed E-state index contributed by atoms with van der Waals surface area (Å²) < 4.78 is 11.2. The van der Waals surface area contributed by atoms with Crippen LogP contribution in [0.2, 0.25) is 0 Å². The molecule has 1 aromatic carbocycles. The maximum atomic E-state index is 12.6. The van der Waals surface area contributed by atoms with E-state index in [0.29, 0.717) is 17.4 Å². The summed E-state index contributed by atoms with van der Waals surface area (Å²) in [6, 6.07) is 7.56. The minimum Gasteiger partial charge on any atom is -0.496 e. The molecule has 25 heavy (non-hydrogen) atoms. The van der Waals surface area contributed by atoms with Gasteiger partial charge < -0.3 is 14.4 Å². The number of esters is 1. The lowest BCUT2D eigenvalue weighted by Gasteiger charge is -2.37. The Balaban J connectivity index is 1.98. The van der Waals surface area contributed by atoms with Gasteiger partial charge in [-0.25, -0.2) is 4.79 Å². The summed E-state index contributed by atoms with van der Waals surface area (Å²) >= 11 is 0. The molecule has 0 unspecified atom stereocenters. The fraction of sp³-hybridized carbons (Fsp3) is 0.650. The summed E-state index contributed by atoms with van der Waals surface area (Å²) in [4.78, 5) is 17.2. The minimum absolute atomic E-state index is 0.0458. The van der Waals surface area contributed by atoms with Crippen LogP contribution in [0.5, 0.6) is 5.75 Å². The third-order valence-corrected chi connectivity index (χ3v) is 4.94. The first kappa shape index (κ1) is 19.7. The maximum Gasteiger partial charge on any atom is 0.342 e. The third-order valence-electron chi connectivity index (χ3n) is 4.94.